The third-order valence-electron chi connectivity index (χ3n) is 4.60. The highest BCUT2D eigenvalue weighted by Crippen LogP contribution is 2.31. The Morgan fingerprint density at radius 2 is 1.93 bits per heavy atom. The topological polar surface area (TPSA) is 185 Å². The van der Waals surface area contributed by atoms with E-state index in [9.17, 15) is 38.2 Å². The Labute approximate surface area is 173 Å². The Bertz CT molecular complexity index is 876. The van der Waals surface area contributed by atoms with Gasteiger partial charge in [0.15, 0.2) is 0 Å². The van der Waals surface area contributed by atoms with Crippen LogP contribution in [0.5, 0.6) is 5.75 Å². The number of hydrogen-bond donors (Lipinski definition) is 4. The second kappa shape index (κ2) is 9.09. The van der Waals surface area contributed by atoms with Gasteiger partial charge in [0.1, 0.15) is 18.4 Å². The van der Waals surface area contributed by atoms with Crippen molar-refractivity contribution in [3.63, 3.8) is 0 Å². The van der Waals surface area contributed by atoms with Crippen molar-refractivity contribution < 1.29 is 42.9 Å². The average Bonchev–Trinajstić information content (AvgIpc) is 2.68. The van der Waals surface area contributed by atoms with Crippen molar-refractivity contribution in [2.75, 3.05) is 6.61 Å². The summed E-state index contributed by atoms with van der Waals surface area (Å²) in [4.78, 5) is 48.2. The summed E-state index contributed by atoms with van der Waals surface area (Å²) >= 11 is -3.04. The molecule has 12 nitrogen and oxygen atoms in total. The van der Waals surface area contributed by atoms with Crippen LogP contribution < -0.4 is 10.9 Å². The first-order valence-corrected chi connectivity index (χ1v) is 9.70. The maximum absolute atomic E-state index is 11.9. The van der Waals surface area contributed by atoms with Crippen LogP contribution in [-0.2, 0) is 25.4 Å². The summed E-state index contributed by atoms with van der Waals surface area (Å²) in [6.45, 7) is 1.71. The second-order valence-corrected chi connectivity index (χ2v) is 8.25. The van der Waals surface area contributed by atoms with Crippen molar-refractivity contribution in [2.45, 2.75) is 37.1 Å². The van der Waals surface area contributed by atoms with Gasteiger partial charge in [-0.2, -0.15) is 0 Å². The van der Waals surface area contributed by atoms with Gasteiger partial charge in [0.2, 0.25) is 5.91 Å². The standard InChI is InChI=1S/C17H21N3O9S/c1-9-7-12(22)20(9)13(15(24)25)17(2,30(27)28)8-29-16(26)19-18-14(23)10-3-5-11(21)6-4-10/h3-6,9,13,21H,7-8H2,1-2H3,(H,18,23)(H,19,26)(H,24,25)(H,27,28)/p-1/t9-,13+,17+/m1/s1. The van der Waals surface area contributed by atoms with E-state index in [0.29, 0.717) is 0 Å². The minimum atomic E-state index is -3.04. The van der Waals surface area contributed by atoms with E-state index >= 15 is 0 Å². The van der Waals surface area contributed by atoms with Gasteiger partial charge in [-0.05, 0) is 49.2 Å². The molecule has 0 saturated carbocycles. The summed E-state index contributed by atoms with van der Waals surface area (Å²) in [7, 11) is 0. The number of ether oxygens (including phenoxy) is 1. The lowest BCUT2D eigenvalue weighted by Crippen LogP contribution is -2.68. The maximum Gasteiger partial charge on any atom is 0.426 e. The smallest absolute Gasteiger partial charge is 0.426 e. The zero-order chi connectivity index (χ0) is 22.6. The van der Waals surface area contributed by atoms with E-state index in [1.165, 1.54) is 24.3 Å². The van der Waals surface area contributed by atoms with E-state index in [-0.39, 0.29) is 17.7 Å². The highest BCUT2D eigenvalue weighted by Gasteiger charge is 2.52. The number of aliphatic carboxylic acids is 1. The number of nitrogens with one attached hydrogen (secondary N) is 2. The molecule has 0 aliphatic carbocycles. The molecule has 1 unspecified atom stereocenters. The van der Waals surface area contributed by atoms with Crippen molar-refractivity contribution in [2.24, 2.45) is 0 Å². The van der Waals surface area contributed by atoms with E-state index in [4.69, 9.17) is 4.74 Å². The molecule has 4 N–H and O–H groups in total. The van der Waals surface area contributed by atoms with Gasteiger partial charge in [-0.1, -0.05) is 0 Å². The highest BCUT2D eigenvalue weighted by atomic mass is 32.2. The number of amides is 3. The number of nitrogens with zero attached hydrogens (tertiary/aromatic N) is 1. The second-order valence-electron chi connectivity index (χ2n) is 6.84. The molecule has 0 spiro atoms. The van der Waals surface area contributed by atoms with Crippen LogP contribution in [0.4, 0.5) is 4.79 Å². The molecule has 13 heteroatoms. The molecule has 164 valence electrons. The molecule has 1 heterocycles. The molecule has 1 aromatic carbocycles. The molecular weight excluding hydrogens is 422 g/mol. The Balaban J connectivity index is 2.02. The van der Waals surface area contributed by atoms with Crippen molar-refractivity contribution in [1.29, 1.82) is 0 Å². The number of carboxylic acid groups (broad SMARTS) is 1. The number of hydrazine groups is 1. The van der Waals surface area contributed by atoms with Gasteiger partial charge in [0.25, 0.3) is 5.91 Å². The largest absolute Gasteiger partial charge is 0.772 e. The summed E-state index contributed by atoms with van der Waals surface area (Å²) in [5.74, 6) is -2.90. The third kappa shape index (κ3) is 4.86. The number of hydrogen-bond acceptors (Lipinski definition) is 8. The predicted molar refractivity (Wildman–Crippen MR) is 99.7 cm³/mol. The number of phenols is 1. The number of aromatic hydroxyl groups is 1. The van der Waals surface area contributed by atoms with Gasteiger partial charge in [-0.3, -0.25) is 19.2 Å². The first kappa shape index (κ1) is 23.1. The molecule has 30 heavy (non-hydrogen) atoms. The molecule has 2 rings (SSSR count). The summed E-state index contributed by atoms with van der Waals surface area (Å²) in [5, 5.41) is 18.7. The van der Waals surface area contributed by atoms with Gasteiger partial charge in [-0.25, -0.2) is 15.0 Å². The fourth-order valence-corrected chi connectivity index (χ4v) is 3.47. The number of likely N-dealkylation sites (tertiary alicyclic amines) is 1. The van der Waals surface area contributed by atoms with Crippen LogP contribution >= 0.6 is 0 Å². The minimum absolute atomic E-state index is 0.0631. The first-order valence-electron chi connectivity index (χ1n) is 8.63. The van der Waals surface area contributed by atoms with Crippen LogP contribution in [0.25, 0.3) is 0 Å². The van der Waals surface area contributed by atoms with Crippen LogP contribution in [0.2, 0.25) is 0 Å². The van der Waals surface area contributed by atoms with Gasteiger partial charge >= 0.3 is 12.1 Å². The predicted octanol–water partition coefficient (Wildman–Crippen LogP) is -0.525. The van der Waals surface area contributed by atoms with Crippen LogP contribution in [-0.4, -0.2) is 71.2 Å². The molecule has 0 radical (unpaired) electrons. The number of carboxylic acids is 1. The number of rotatable bonds is 7. The number of phenolic OH excluding ortho intramolecular Hbond substituents is 1. The quantitative estimate of drug-likeness (QED) is 0.245. The fraction of sp³-hybridized carbons (Fsp3) is 0.412. The zero-order valence-electron chi connectivity index (χ0n) is 16.0. The molecule has 0 bridgehead atoms. The van der Waals surface area contributed by atoms with Gasteiger partial charge in [0.05, 0.1) is 4.75 Å². The molecular formula is C17H20N3O9S-. The van der Waals surface area contributed by atoms with E-state index < -0.39 is 58.4 Å². The zero-order valence-corrected chi connectivity index (χ0v) is 16.8. The maximum atomic E-state index is 11.9. The Morgan fingerprint density at radius 1 is 1.33 bits per heavy atom. The van der Waals surface area contributed by atoms with E-state index in [1.807, 2.05) is 10.9 Å². The van der Waals surface area contributed by atoms with Crippen LogP contribution in [0.3, 0.4) is 0 Å². The minimum Gasteiger partial charge on any atom is -0.772 e. The average molecular weight is 442 g/mol. The lowest BCUT2D eigenvalue weighted by molar-refractivity contribution is -0.163. The van der Waals surface area contributed by atoms with Crippen LogP contribution in [0.15, 0.2) is 24.3 Å². The lowest BCUT2D eigenvalue weighted by Gasteiger charge is -2.49. The lowest BCUT2D eigenvalue weighted by atomic mass is 9.92. The summed E-state index contributed by atoms with van der Waals surface area (Å²) < 4.78 is 26.3. The van der Waals surface area contributed by atoms with Crippen LogP contribution in [0, 0.1) is 0 Å². The van der Waals surface area contributed by atoms with Gasteiger partial charge in [0, 0.05) is 18.0 Å². The van der Waals surface area contributed by atoms with Crippen molar-refractivity contribution >= 4 is 35.0 Å². The Hall–Kier alpha value is -3.19. The summed E-state index contributed by atoms with van der Waals surface area (Å²) in [6.07, 6.45) is -1.17. The molecule has 0 aromatic heterocycles. The normalized spacial score (nSPS) is 19.6. The van der Waals surface area contributed by atoms with Crippen LogP contribution in [0.1, 0.15) is 30.6 Å². The van der Waals surface area contributed by atoms with Crippen molar-refractivity contribution in [1.82, 2.24) is 15.8 Å². The number of benzene rings is 1. The monoisotopic (exact) mass is 442 g/mol. The van der Waals surface area contributed by atoms with Gasteiger partial charge in [-0.15, -0.1) is 0 Å². The first-order chi connectivity index (χ1) is 14.0. The van der Waals surface area contributed by atoms with E-state index in [0.717, 1.165) is 11.8 Å². The van der Waals surface area contributed by atoms with Crippen molar-refractivity contribution in [3.8, 4) is 5.75 Å². The number of carbonyl (C=O) groups excluding carboxylic acids is 3. The molecule has 1 saturated heterocycles. The Morgan fingerprint density at radius 3 is 2.40 bits per heavy atom. The molecule has 1 aromatic rings. The molecule has 1 fully saturated rings. The SMILES string of the molecule is C[C@@H]1CC(=O)N1[C@@H](C(=O)O)[C@](C)(COC(=O)NNC(=O)c1ccc(O)cc1)S(=O)[O-]. The highest BCUT2D eigenvalue weighted by molar-refractivity contribution is 7.80. The molecule has 4 atom stereocenters. The molecule has 3 amide bonds. The summed E-state index contributed by atoms with van der Waals surface area (Å²) in [6, 6.07) is 2.83. The van der Waals surface area contributed by atoms with Gasteiger partial charge < -0.3 is 24.4 Å². The van der Waals surface area contributed by atoms with Crippen molar-refractivity contribution in [3.05, 3.63) is 29.8 Å². The van der Waals surface area contributed by atoms with E-state index in [2.05, 4.69) is 0 Å². The fourth-order valence-electron chi connectivity index (χ4n) is 2.92. The third-order valence-corrected chi connectivity index (χ3v) is 5.70. The molecule has 1 aliphatic rings. The number of β-lactam (4-membered cyclic amide) rings is 1. The Kier molecular flexibility index (Phi) is 7.00. The van der Waals surface area contributed by atoms with E-state index in [1.54, 1.807) is 6.92 Å². The molecule has 1 aliphatic heterocycles. The summed E-state index contributed by atoms with van der Waals surface area (Å²) in [5.41, 5.74) is 4.02. The number of carbonyl (C=O) groups is 4.